The summed E-state index contributed by atoms with van der Waals surface area (Å²) in [5.74, 6) is 0.752. The van der Waals surface area contributed by atoms with E-state index >= 15 is 0 Å². The lowest BCUT2D eigenvalue weighted by Crippen LogP contribution is -2.44. The van der Waals surface area contributed by atoms with E-state index in [1.54, 1.807) is 13.2 Å². The Bertz CT molecular complexity index is 501. The second kappa shape index (κ2) is 7.53. The number of amides is 1. The van der Waals surface area contributed by atoms with Gasteiger partial charge in [0.15, 0.2) is 0 Å². The molecule has 0 saturated heterocycles. The van der Waals surface area contributed by atoms with Crippen LogP contribution in [0, 0.1) is 0 Å². The van der Waals surface area contributed by atoms with Crippen molar-refractivity contribution in [2.24, 2.45) is 0 Å². The van der Waals surface area contributed by atoms with Crippen LogP contribution in [0.3, 0.4) is 0 Å². The lowest BCUT2D eigenvalue weighted by Gasteiger charge is -2.26. The first kappa shape index (κ1) is 16.0. The van der Waals surface area contributed by atoms with Gasteiger partial charge in [-0.3, -0.25) is 4.79 Å². The van der Waals surface area contributed by atoms with Gasteiger partial charge in [-0.15, -0.1) is 0 Å². The number of nitrogens with one attached hydrogen (secondary N) is 1. The van der Waals surface area contributed by atoms with E-state index in [0.717, 1.165) is 11.3 Å². The zero-order chi connectivity index (χ0) is 15.0. The molecule has 0 heterocycles. The van der Waals surface area contributed by atoms with E-state index in [2.05, 4.69) is 5.32 Å². The van der Waals surface area contributed by atoms with Crippen molar-refractivity contribution >= 4 is 5.91 Å². The molecule has 20 heavy (non-hydrogen) atoms. The Morgan fingerprint density at radius 3 is 2.65 bits per heavy atom. The molecule has 0 spiro atoms. The van der Waals surface area contributed by atoms with E-state index in [0.29, 0.717) is 6.42 Å². The average Bonchev–Trinajstić information content (AvgIpc) is 2.38. The molecule has 0 aromatic heterocycles. The molecule has 1 N–H and O–H groups in total. The Balaban J connectivity index is 2.71. The summed E-state index contributed by atoms with van der Waals surface area (Å²) in [6.45, 7) is 5.91. The van der Waals surface area contributed by atoms with E-state index in [1.807, 2.05) is 57.2 Å². The number of hydrogen-bond donors (Lipinski definition) is 1. The van der Waals surface area contributed by atoms with Crippen molar-refractivity contribution in [2.75, 3.05) is 7.11 Å². The molecule has 1 aromatic rings. The van der Waals surface area contributed by atoms with Crippen LogP contribution in [0.25, 0.3) is 0 Å². The number of benzene rings is 1. The summed E-state index contributed by atoms with van der Waals surface area (Å²) >= 11 is 0. The van der Waals surface area contributed by atoms with E-state index in [1.165, 1.54) is 6.08 Å². The fraction of sp³-hybridized carbons (Fsp3) is 0.353. The molecule has 0 fully saturated rings. The molecule has 0 saturated carbocycles. The molecule has 0 bridgehead atoms. The van der Waals surface area contributed by atoms with Crippen LogP contribution in [-0.4, -0.2) is 18.6 Å². The molecule has 0 aliphatic carbocycles. The molecular weight excluding hydrogens is 250 g/mol. The minimum atomic E-state index is -0.341. The first-order valence-corrected chi connectivity index (χ1v) is 6.72. The van der Waals surface area contributed by atoms with Crippen LogP contribution in [0.4, 0.5) is 0 Å². The summed E-state index contributed by atoms with van der Waals surface area (Å²) in [5.41, 5.74) is 0.740. The van der Waals surface area contributed by atoms with E-state index in [4.69, 9.17) is 4.74 Å². The molecule has 1 rings (SSSR count). The van der Waals surface area contributed by atoms with Gasteiger partial charge in [0.2, 0.25) is 5.91 Å². The second-order valence-electron chi connectivity index (χ2n) is 5.25. The van der Waals surface area contributed by atoms with Crippen LogP contribution in [0.1, 0.15) is 26.3 Å². The third kappa shape index (κ3) is 5.31. The second-order valence-corrected chi connectivity index (χ2v) is 5.25. The van der Waals surface area contributed by atoms with Crippen LogP contribution in [0.5, 0.6) is 5.75 Å². The summed E-state index contributed by atoms with van der Waals surface area (Å²) in [7, 11) is 1.66. The van der Waals surface area contributed by atoms with Gasteiger partial charge in [-0.25, -0.2) is 0 Å². The molecule has 1 aromatic carbocycles. The Hall–Kier alpha value is -2.03. The van der Waals surface area contributed by atoms with Gasteiger partial charge >= 0.3 is 0 Å². The molecule has 108 valence electrons. The van der Waals surface area contributed by atoms with Gasteiger partial charge in [-0.05, 0) is 38.8 Å². The Morgan fingerprint density at radius 1 is 1.30 bits per heavy atom. The standard InChI is InChI=1S/C17H23NO2/c1-5-6-7-12-16(19)18-17(2,3)13-14-10-8-9-11-15(14)20-4/h5-12H,13H2,1-4H3,(H,18,19)/b6-5?,12-7+. The van der Waals surface area contributed by atoms with Gasteiger partial charge in [-0.1, -0.05) is 36.4 Å². The number of para-hydroxylation sites is 1. The van der Waals surface area contributed by atoms with E-state index in [9.17, 15) is 4.79 Å². The van der Waals surface area contributed by atoms with Crippen molar-refractivity contribution < 1.29 is 9.53 Å². The maximum absolute atomic E-state index is 11.8. The third-order valence-corrected chi connectivity index (χ3v) is 2.84. The molecule has 0 atom stereocenters. The summed E-state index contributed by atoms with van der Waals surface area (Å²) in [6.07, 6.45) is 7.68. The topological polar surface area (TPSA) is 38.3 Å². The van der Waals surface area contributed by atoms with Crippen molar-refractivity contribution in [1.29, 1.82) is 0 Å². The Kier molecular flexibility index (Phi) is 6.04. The number of ether oxygens (including phenoxy) is 1. The van der Waals surface area contributed by atoms with Gasteiger partial charge < -0.3 is 10.1 Å². The van der Waals surface area contributed by atoms with Crippen LogP contribution < -0.4 is 10.1 Å². The Morgan fingerprint density at radius 2 is 2.00 bits per heavy atom. The molecule has 3 heteroatoms. The SMILES string of the molecule is CC=C/C=C/C(=O)NC(C)(C)Cc1ccccc1OC. The number of methoxy groups -OCH3 is 1. The summed E-state index contributed by atoms with van der Waals surface area (Å²) in [4.78, 5) is 11.8. The smallest absolute Gasteiger partial charge is 0.244 e. The van der Waals surface area contributed by atoms with Crippen molar-refractivity contribution in [2.45, 2.75) is 32.7 Å². The van der Waals surface area contributed by atoms with Crippen molar-refractivity contribution in [3.05, 3.63) is 54.1 Å². The zero-order valence-corrected chi connectivity index (χ0v) is 12.6. The maximum atomic E-state index is 11.8. The molecule has 0 aliphatic rings. The van der Waals surface area contributed by atoms with Crippen molar-refractivity contribution in [1.82, 2.24) is 5.32 Å². The van der Waals surface area contributed by atoms with E-state index in [-0.39, 0.29) is 11.4 Å². The van der Waals surface area contributed by atoms with Gasteiger partial charge in [0, 0.05) is 11.6 Å². The highest BCUT2D eigenvalue weighted by atomic mass is 16.5. The predicted octanol–water partition coefficient (Wildman–Crippen LogP) is 3.26. The van der Waals surface area contributed by atoms with Gasteiger partial charge in [0.1, 0.15) is 5.75 Å². The normalized spacial score (nSPS) is 12.0. The number of carbonyl (C=O) groups excluding carboxylic acids is 1. The number of carbonyl (C=O) groups is 1. The molecule has 3 nitrogen and oxygen atoms in total. The van der Waals surface area contributed by atoms with Crippen molar-refractivity contribution in [3.8, 4) is 5.75 Å². The third-order valence-electron chi connectivity index (χ3n) is 2.84. The summed E-state index contributed by atoms with van der Waals surface area (Å²) < 4.78 is 5.34. The number of rotatable bonds is 6. The molecular formula is C17H23NO2. The monoisotopic (exact) mass is 273 g/mol. The van der Waals surface area contributed by atoms with Crippen LogP contribution in [0.2, 0.25) is 0 Å². The fourth-order valence-corrected chi connectivity index (χ4v) is 2.00. The summed E-state index contributed by atoms with van der Waals surface area (Å²) in [5, 5.41) is 3.00. The maximum Gasteiger partial charge on any atom is 0.244 e. The molecule has 0 aliphatic heterocycles. The lowest BCUT2D eigenvalue weighted by molar-refractivity contribution is -0.118. The zero-order valence-electron chi connectivity index (χ0n) is 12.6. The van der Waals surface area contributed by atoms with Crippen LogP contribution in [0.15, 0.2) is 48.6 Å². The molecule has 0 unspecified atom stereocenters. The van der Waals surface area contributed by atoms with Gasteiger partial charge in [-0.2, -0.15) is 0 Å². The Labute approximate surface area is 121 Å². The predicted molar refractivity (Wildman–Crippen MR) is 82.9 cm³/mol. The van der Waals surface area contributed by atoms with Gasteiger partial charge in [0.05, 0.1) is 7.11 Å². The first-order chi connectivity index (χ1) is 9.48. The highest BCUT2D eigenvalue weighted by Crippen LogP contribution is 2.22. The first-order valence-electron chi connectivity index (χ1n) is 6.72. The largest absolute Gasteiger partial charge is 0.496 e. The summed E-state index contributed by atoms with van der Waals surface area (Å²) in [6, 6.07) is 7.86. The highest BCUT2D eigenvalue weighted by molar-refractivity contribution is 5.88. The average molecular weight is 273 g/mol. The minimum absolute atomic E-state index is 0.0944. The fourth-order valence-electron chi connectivity index (χ4n) is 2.00. The minimum Gasteiger partial charge on any atom is -0.496 e. The van der Waals surface area contributed by atoms with E-state index < -0.39 is 0 Å². The molecule has 0 radical (unpaired) electrons. The number of hydrogen-bond acceptors (Lipinski definition) is 2. The highest BCUT2D eigenvalue weighted by Gasteiger charge is 2.21. The number of allylic oxidation sites excluding steroid dienone is 3. The van der Waals surface area contributed by atoms with Crippen LogP contribution >= 0.6 is 0 Å². The molecule has 1 amide bonds. The quantitative estimate of drug-likeness (QED) is 0.638. The van der Waals surface area contributed by atoms with Gasteiger partial charge in [0.25, 0.3) is 0 Å². The van der Waals surface area contributed by atoms with Crippen LogP contribution in [-0.2, 0) is 11.2 Å². The lowest BCUT2D eigenvalue weighted by atomic mass is 9.94. The van der Waals surface area contributed by atoms with Crippen molar-refractivity contribution in [3.63, 3.8) is 0 Å².